The van der Waals surface area contributed by atoms with Gasteiger partial charge in [-0.3, -0.25) is 4.79 Å². The van der Waals surface area contributed by atoms with Crippen LogP contribution in [0.2, 0.25) is 0 Å². The van der Waals surface area contributed by atoms with Gasteiger partial charge in [-0.2, -0.15) is 18.3 Å². The highest BCUT2D eigenvalue weighted by Gasteiger charge is 2.41. The number of ether oxygens (including phenoxy) is 3. The molecule has 32 heavy (non-hydrogen) atoms. The molecule has 1 N–H and O–H groups in total. The van der Waals surface area contributed by atoms with E-state index in [4.69, 9.17) is 14.2 Å². The average Bonchev–Trinajstić information content (AvgIpc) is 3.25. The van der Waals surface area contributed by atoms with E-state index in [1.54, 1.807) is 18.2 Å². The van der Waals surface area contributed by atoms with Crippen LogP contribution in [0.5, 0.6) is 17.4 Å². The van der Waals surface area contributed by atoms with Gasteiger partial charge in [0.1, 0.15) is 11.5 Å². The Morgan fingerprint density at radius 1 is 1.06 bits per heavy atom. The van der Waals surface area contributed by atoms with E-state index in [-0.39, 0.29) is 18.2 Å². The van der Waals surface area contributed by atoms with Gasteiger partial charge in [0.2, 0.25) is 5.88 Å². The minimum absolute atomic E-state index is 0.0627. The van der Waals surface area contributed by atoms with Gasteiger partial charge in [-0.1, -0.05) is 0 Å². The smallest absolute Gasteiger partial charge is 0.434 e. The molecule has 12 heteroatoms. The molecule has 2 heterocycles. The summed E-state index contributed by atoms with van der Waals surface area (Å²) in [7, 11) is 4.36. The molecule has 9 nitrogen and oxygen atoms in total. The van der Waals surface area contributed by atoms with Crippen molar-refractivity contribution in [2.24, 2.45) is 0 Å². The van der Waals surface area contributed by atoms with Crippen LogP contribution in [-0.4, -0.2) is 53.8 Å². The van der Waals surface area contributed by atoms with Crippen LogP contribution in [0, 0.1) is 0 Å². The number of amides is 1. The van der Waals surface area contributed by atoms with Crippen molar-refractivity contribution in [1.82, 2.24) is 25.3 Å². The third-order valence-corrected chi connectivity index (χ3v) is 4.50. The largest absolute Gasteiger partial charge is 0.497 e. The molecule has 0 saturated carbocycles. The van der Waals surface area contributed by atoms with E-state index < -0.39 is 23.3 Å². The number of halogens is 3. The predicted molar refractivity (Wildman–Crippen MR) is 106 cm³/mol. The van der Waals surface area contributed by atoms with Gasteiger partial charge in [0.15, 0.2) is 11.5 Å². The Bertz CT molecular complexity index is 1080. The predicted octanol–water partition coefficient (Wildman–Crippen LogP) is 2.68. The Morgan fingerprint density at radius 3 is 2.44 bits per heavy atom. The molecular formula is C20H20F3N5O4. The maximum absolute atomic E-state index is 13.8. The van der Waals surface area contributed by atoms with E-state index in [1.807, 2.05) is 0 Å². The normalized spacial score (nSPS) is 11.2. The van der Waals surface area contributed by atoms with Crippen molar-refractivity contribution in [3.8, 4) is 23.2 Å². The summed E-state index contributed by atoms with van der Waals surface area (Å²) in [6.07, 6.45) is -3.71. The van der Waals surface area contributed by atoms with Gasteiger partial charge in [0.25, 0.3) is 5.91 Å². The summed E-state index contributed by atoms with van der Waals surface area (Å²) in [5.74, 6) is 0.154. The minimum atomic E-state index is -4.86. The van der Waals surface area contributed by atoms with Crippen molar-refractivity contribution in [3.05, 3.63) is 53.3 Å². The second-order valence-corrected chi connectivity index (χ2v) is 6.43. The standard InChI is InChI=1S/C20H20F3N5O4/c1-30-13-4-5-15(31-2)12(10-13)8-9-24-19(29)14-11-25-28(18(14)20(21,22)23)16-6-7-17(32-3)27-26-16/h4-7,10-11H,8-9H2,1-3H3,(H,24,29). The highest BCUT2D eigenvalue weighted by molar-refractivity contribution is 5.95. The zero-order chi connectivity index (χ0) is 23.3. The van der Waals surface area contributed by atoms with Gasteiger partial charge in [0, 0.05) is 12.6 Å². The van der Waals surface area contributed by atoms with Crippen LogP contribution in [0.3, 0.4) is 0 Å². The second-order valence-electron chi connectivity index (χ2n) is 6.43. The van der Waals surface area contributed by atoms with Gasteiger partial charge in [-0.15, -0.1) is 10.2 Å². The first-order chi connectivity index (χ1) is 15.3. The van der Waals surface area contributed by atoms with Crippen LogP contribution in [0.1, 0.15) is 21.6 Å². The van der Waals surface area contributed by atoms with E-state index in [1.165, 1.54) is 33.5 Å². The number of carbonyl (C=O) groups is 1. The Balaban J connectivity index is 1.80. The SMILES string of the molecule is COc1ccc(OC)c(CCNC(=O)c2cnn(-c3ccc(OC)nn3)c2C(F)(F)F)c1. The zero-order valence-electron chi connectivity index (χ0n) is 17.4. The number of nitrogens with one attached hydrogen (secondary N) is 1. The fraction of sp³-hybridized carbons (Fsp3) is 0.300. The Kier molecular flexibility index (Phi) is 6.81. The maximum atomic E-state index is 13.8. The van der Waals surface area contributed by atoms with Gasteiger partial charge in [-0.05, 0) is 36.2 Å². The highest BCUT2D eigenvalue weighted by atomic mass is 19.4. The molecule has 0 bridgehead atoms. The molecule has 0 spiro atoms. The zero-order valence-corrected chi connectivity index (χ0v) is 17.4. The molecule has 0 aliphatic carbocycles. The quantitative estimate of drug-likeness (QED) is 0.562. The van der Waals surface area contributed by atoms with Gasteiger partial charge >= 0.3 is 6.18 Å². The third kappa shape index (κ3) is 4.90. The lowest BCUT2D eigenvalue weighted by Crippen LogP contribution is -2.28. The first kappa shape index (κ1) is 22.8. The maximum Gasteiger partial charge on any atom is 0.434 e. The minimum Gasteiger partial charge on any atom is -0.497 e. The second kappa shape index (κ2) is 9.54. The van der Waals surface area contributed by atoms with Crippen molar-refractivity contribution >= 4 is 5.91 Å². The number of hydrogen-bond donors (Lipinski definition) is 1. The number of methoxy groups -OCH3 is 3. The molecule has 3 aromatic rings. The van der Waals surface area contributed by atoms with Crippen molar-refractivity contribution in [2.75, 3.05) is 27.9 Å². The van der Waals surface area contributed by atoms with Crippen molar-refractivity contribution in [1.29, 1.82) is 0 Å². The molecule has 0 aliphatic heterocycles. The van der Waals surface area contributed by atoms with Crippen molar-refractivity contribution in [3.63, 3.8) is 0 Å². The number of nitrogens with zero attached hydrogens (tertiary/aromatic N) is 4. The Morgan fingerprint density at radius 2 is 1.84 bits per heavy atom. The lowest BCUT2D eigenvalue weighted by Gasteiger charge is -2.13. The molecule has 0 aliphatic rings. The summed E-state index contributed by atoms with van der Waals surface area (Å²) in [6.45, 7) is 0.0627. The summed E-state index contributed by atoms with van der Waals surface area (Å²) in [5, 5.41) is 13.5. The van der Waals surface area contributed by atoms with Gasteiger partial charge < -0.3 is 19.5 Å². The van der Waals surface area contributed by atoms with Crippen molar-refractivity contribution < 1.29 is 32.2 Å². The number of alkyl halides is 3. The molecule has 0 fully saturated rings. The summed E-state index contributed by atoms with van der Waals surface area (Å²) >= 11 is 0. The van der Waals surface area contributed by atoms with Gasteiger partial charge in [-0.25, -0.2) is 4.68 Å². The monoisotopic (exact) mass is 451 g/mol. The molecule has 0 radical (unpaired) electrons. The molecule has 170 valence electrons. The first-order valence-corrected chi connectivity index (χ1v) is 9.31. The van der Waals surface area contributed by atoms with Crippen LogP contribution in [0.25, 0.3) is 5.82 Å². The van der Waals surface area contributed by atoms with E-state index in [9.17, 15) is 18.0 Å². The first-order valence-electron chi connectivity index (χ1n) is 9.31. The average molecular weight is 451 g/mol. The summed E-state index contributed by atoms with van der Waals surface area (Å²) in [6, 6.07) is 7.74. The molecule has 1 aromatic carbocycles. The summed E-state index contributed by atoms with van der Waals surface area (Å²) in [5.41, 5.74) is -1.16. The van der Waals surface area contributed by atoms with Crippen molar-refractivity contribution in [2.45, 2.75) is 12.6 Å². The molecule has 0 atom stereocenters. The number of aromatic nitrogens is 4. The van der Waals surface area contributed by atoms with E-state index in [2.05, 4.69) is 20.6 Å². The Hall–Kier alpha value is -3.83. The fourth-order valence-electron chi connectivity index (χ4n) is 2.98. The van der Waals surface area contributed by atoms with Crippen LogP contribution in [0.15, 0.2) is 36.5 Å². The van der Waals surface area contributed by atoms with Crippen LogP contribution < -0.4 is 19.5 Å². The van der Waals surface area contributed by atoms with Crippen LogP contribution >= 0.6 is 0 Å². The summed E-state index contributed by atoms with van der Waals surface area (Å²) < 4.78 is 57.1. The highest BCUT2D eigenvalue weighted by Crippen LogP contribution is 2.33. The number of rotatable bonds is 8. The molecule has 0 unspecified atom stereocenters. The lowest BCUT2D eigenvalue weighted by molar-refractivity contribution is -0.143. The van der Waals surface area contributed by atoms with E-state index in [0.717, 1.165) is 11.8 Å². The molecule has 2 aromatic heterocycles. The fourth-order valence-corrected chi connectivity index (χ4v) is 2.98. The third-order valence-electron chi connectivity index (χ3n) is 4.50. The van der Waals surface area contributed by atoms with E-state index >= 15 is 0 Å². The lowest BCUT2D eigenvalue weighted by atomic mass is 10.1. The number of hydrogen-bond acceptors (Lipinski definition) is 7. The number of carbonyl (C=O) groups excluding carboxylic acids is 1. The number of benzene rings is 1. The van der Waals surface area contributed by atoms with Crippen LogP contribution in [0.4, 0.5) is 13.2 Å². The topological polar surface area (TPSA) is 100 Å². The molecular weight excluding hydrogens is 431 g/mol. The van der Waals surface area contributed by atoms with Gasteiger partial charge in [0.05, 0.1) is 33.1 Å². The summed E-state index contributed by atoms with van der Waals surface area (Å²) in [4.78, 5) is 12.5. The molecule has 3 rings (SSSR count). The molecule has 0 saturated heterocycles. The molecule has 1 amide bonds. The van der Waals surface area contributed by atoms with Crippen LogP contribution in [-0.2, 0) is 12.6 Å². The van der Waals surface area contributed by atoms with E-state index in [0.29, 0.717) is 22.6 Å². The Labute approximate surface area is 181 Å².